The predicted octanol–water partition coefficient (Wildman–Crippen LogP) is 3.79. The number of phosphoric ester groups is 1. The Labute approximate surface area is 538 Å². The molecule has 32 heteroatoms. The maximum Gasteiger partial charge on any atom is 0.471 e. The number of nitrogens with two attached hydrogens (primary N) is 1. The zero-order chi connectivity index (χ0) is 66.1. The zero-order valence-electron chi connectivity index (χ0n) is 53.2. The monoisotopic (exact) mass is 1330 g/mol. The van der Waals surface area contributed by atoms with Crippen LogP contribution in [-0.4, -0.2) is 211 Å². The lowest BCUT2D eigenvalue weighted by atomic mass is 10.0. The number of Topliss-reactive ketones (excluding diaryl/α,β-unsaturated/α-hetero) is 1. The van der Waals surface area contributed by atoms with Crippen LogP contribution in [0, 0.1) is 23.7 Å². The van der Waals surface area contributed by atoms with E-state index in [4.69, 9.17) is 52.9 Å². The van der Waals surface area contributed by atoms with Gasteiger partial charge in [0.2, 0.25) is 17.7 Å². The number of carbonyl (C=O) groups excluding carboxylic acids is 7. The summed E-state index contributed by atoms with van der Waals surface area (Å²) >= 11 is 4.11. The van der Waals surface area contributed by atoms with Gasteiger partial charge < -0.3 is 85.2 Å². The summed E-state index contributed by atoms with van der Waals surface area (Å²) in [7, 11) is -2.89. The number of rotatable bonds is 51. The highest BCUT2D eigenvalue weighted by Crippen LogP contribution is 2.53. The van der Waals surface area contributed by atoms with Gasteiger partial charge in [0.25, 0.3) is 0 Å². The molecule has 7 atom stereocenters. The maximum absolute atomic E-state index is 13.6. The first-order valence-electron chi connectivity index (χ1n) is 31.4. The van der Waals surface area contributed by atoms with E-state index in [0.717, 1.165) is 57.0 Å². The fraction of sp³-hybridized carbons (Fsp3) is 0.746. The Morgan fingerprint density at radius 1 is 0.670 bits per heavy atom. The van der Waals surface area contributed by atoms with Gasteiger partial charge in [0.05, 0.1) is 129 Å². The van der Waals surface area contributed by atoms with E-state index in [1.165, 1.54) is 0 Å². The van der Waals surface area contributed by atoms with Crippen LogP contribution in [0.15, 0.2) is 24.3 Å². The number of hydrogen-bond donors (Lipinski definition) is 9. The molecule has 0 saturated heterocycles. The summed E-state index contributed by atoms with van der Waals surface area (Å²) < 4.78 is 72.2. The van der Waals surface area contributed by atoms with Gasteiger partial charge in [0.1, 0.15) is 24.5 Å². The quantitative estimate of drug-likeness (QED) is 0.0258. The average Bonchev–Trinajstić information content (AvgIpc) is 1.63. The number of unbranched alkanes of at least 4 members (excludes halogenated alkanes) is 3. The van der Waals surface area contributed by atoms with Gasteiger partial charge in [-0.3, -0.25) is 28.2 Å². The third-order valence-electron chi connectivity index (χ3n) is 14.8. The molecule has 0 aliphatic heterocycles. The van der Waals surface area contributed by atoms with Crippen LogP contribution in [0.2, 0.25) is 0 Å². The van der Waals surface area contributed by atoms with E-state index in [2.05, 4.69) is 59.4 Å². The summed E-state index contributed by atoms with van der Waals surface area (Å²) in [4.78, 5) is 96.9. The number of aryl methyl sites for hydroxylation is 1. The van der Waals surface area contributed by atoms with Crippen LogP contribution >= 0.6 is 20.5 Å². The molecule has 4 rings (SSSR count). The van der Waals surface area contributed by atoms with E-state index in [1.54, 1.807) is 45.0 Å². The molecule has 1 saturated carbocycles. The van der Waals surface area contributed by atoms with Gasteiger partial charge in [-0.15, -0.1) is 5.10 Å². The molecule has 91 heavy (non-hydrogen) atoms. The lowest BCUT2D eigenvalue weighted by Gasteiger charge is -2.25. The van der Waals surface area contributed by atoms with Crippen molar-refractivity contribution < 1.29 is 94.7 Å². The number of ketones is 1. The van der Waals surface area contributed by atoms with Crippen molar-refractivity contribution in [2.45, 2.75) is 128 Å². The Bertz CT molecular complexity index is 2500. The highest BCUT2D eigenvalue weighted by Gasteiger charge is 2.50. The van der Waals surface area contributed by atoms with Crippen LogP contribution in [0.1, 0.15) is 102 Å². The van der Waals surface area contributed by atoms with Crippen LogP contribution in [0.3, 0.4) is 0 Å². The molecule has 0 radical (unpaired) electrons. The largest absolute Gasteiger partial charge is 0.471 e. The van der Waals surface area contributed by atoms with E-state index >= 15 is 0 Å². The van der Waals surface area contributed by atoms with Crippen molar-refractivity contribution in [1.82, 2.24) is 41.6 Å². The number of thiol groups is 1. The highest BCUT2D eigenvalue weighted by atomic mass is 32.1. The number of amides is 7. The van der Waals surface area contributed by atoms with Gasteiger partial charge in [-0.2, -0.15) is 12.6 Å². The van der Waals surface area contributed by atoms with Crippen molar-refractivity contribution in [2.75, 3.05) is 138 Å². The fourth-order valence-corrected chi connectivity index (χ4v) is 10.2. The molecule has 30 nitrogen and oxygen atoms in total. The summed E-state index contributed by atoms with van der Waals surface area (Å²) in [6.07, 6.45) is 5.96. The first kappa shape index (κ1) is 77.9. The minimum Gasteiger partial charge on any atom is -0.449 e. The number of primary amides is 1. The second-order valence-corrected chi connectivity index (χ2v) is 24.4. The lowest BCUT2D eigenvalue weighted by Crippen LogP contribution is -2.54. The summed E-state index contributed by atoms with van der Waals surface area (Å²) in [5, 5.41) is 24.8. The Morgan fingerprint density at radius 2 is 1.24 bits per heavy atom. The number of fused-ring (bicyclic) bond motifs is 2. The van der Waals surface area contributed by atoms with Crippen molar-refractivity contribution in [1.29, 1.82) is 0 Å². The molecule has 9 N–H and O–H groups in total. The maximum atomic E-state index is 13.6. The standard InChI is InChI=1S/C59H99N10O20PS/c1-42(2)54(56(73)65-50(10-9-22-61-57(60)74)55(72)64-45-13-11-44(12-14-45)40-87-58(75)62-21-7-5-6-8-25-89-90(77,78)79-4)66-53(71)20-27-81-31-35-84-37-33-83-29-24-69-51-18-16-47-46(15-17-49(51)67-68-69)48(47)41-88-59(76)63-23-28-82-32-36-86-39-38-85-34-30-80-26-19-52(70)43(3)91/h11-14,42-43,46-48,50,54,91H,5-10,15-41H2,1-4H3,(H,62,75)(H,63,76)(H,64,72)(H,65,73)(H,66,71)(H,77,78)(H3,60,61,74). The van der Waals surface area contributed by atoms with E-state index in [1.807, 2.05) is 4.68 Å². The van der Waals surface area contributed by atoms with Crippen LogP contribution in [0.25, 0.3) is 0 Å². The lowest BCUT2D eigenvalue weighted by molar-refractivity contribution is -0.132. The summed E-state index contributed by atoms with van der Waals surface area (Å²) in [6.45, 7) is 11.9. The molecule has 7 amide bonds. The Kier molecular flexibility index (Phi) is 39.1. The Hall–Kier alpha value is -5.57. The number of aromatic nitrogens is 3. The number of phosphoric acid groups is 1. The van der Waals surface area contributed by atoms with Crippen molar-refractivity contribution in [3.8, 4) is 0 Å². The predicted molar refractivity (Wildman–Crippen MR) is 335 cm³/mol. The SMILES string of the molecule is COP(=O)(O)OCCCCCCNC(=O)OCc1ccc(NC(=O)C(CCCNC(N)=O)NC(=O)C(NC(=O)CCOCCOCCOCCn2nnc3c2CCC2C(CC3)C2COC(=O)NCCOCCOCCOCCOCCC(=O)C(C)S)C(C)C)cc1. The topological polar surface area (TPSA) is 387 Å². The van der Waals surface area contributed by atoms with E-state index in [-0.39, 0.29) is 69.4 Å². The van der Waals surface area contributed by atoms with Crippen molar-refractivity contribution in [3.63, 3.8) is 0 Å². The third-order valence-corrected chi connectivity index (χ3v) is 16.1. The molecule has 516 valence electrons. The minimum absolute atomic E-state index is 0.0277. The zero-order valence-corrected chi connectivity index (χ0v) is 55.0. The van der Waals surface area contributed by atoms with Gasteiger partial charge in [0, 0.05) is 45.3 Å². The van der Waals surface area contributed by atoms with Gasteiger partial charge >= 0.3 is 26.0 Å². The van der Waals surface area contributed by atoms with Gasteiger partial charge in [-0.25, -0.2) is 23.6 Å². The van der Waals surface area contributed by atoms with Gasteiger partial charge in [0.15, 0.2) is 0 Å². The van der Waals surface area contributed by atoms with Crippen LogP contribution in [0.4, 0.5) is 20.1 Å². The van der Waals surface area contributed by atoms with Crippen LogP contribution in [0.5, 0.6) is 0 Å². The Morgan fingerprint density at radius 3 is 1.87 bits per heavy atom. The first-order chi connectivity index (χ1) is 43.9. The van der Waals surface area contributed by atoms with Crippen molar-refractivity contribution in [3.05, 3.63) is 41.2 Å². The van der Waals surface area contributed by atoms with Crippen molar-refractivity contribution >= 4 is 67.9 Å². The number of hydrogen-bond acceptors (Lipinski definition) is 22. The number of carbonyl (C=O) groups is 7. The minimum atomic E-state index is -3.98. The van der Waals surface area contributed by atoms with E-state index in [0.29, 0.717) is 154 Å². The van der Waals surface area contributed by atoms with E-state index in [9.17, 15) is 43.0 Å². The molecular formula is C59H99N10O20PS. The third kappa shape index (κ3) is 34.2. The number of ether oxygens (including phenoxy) is 9. The molecule has 1 aromatic carbocycles. The number of benzene rings is 1. The van der Waals surface area contributed by atoms with Crippen molar-refractivity contribution in [2.24, 2.45) is 29.4 Å². The van der Waals surface area contributed by atoms with Gasteiger partial charge in [-0.1, -0.05) is 44.0 Å². The molecule has 1 aromatic heterocycles. The number of urea groups is 1. The molecule has 7 unspecified atom stereocenters. The molecule has 0 bridgehead atoms. The highest BCUT2D eigenvalue weighted by molar-refractivity contribution is 7.81. The van der Waals surface area contributed by atoms with E-state index < -0.39 is 55.8 Å². The second-order valence-electron chi connectivity index (χ2n) is 22.1. The number of anilines is 1. The number of nitrogens with zero attached hydrogens (tertiary/aromatic N) is 3. The number of nitrogens with one attached hydrogen (secondary N) is 6. The molecule has 2 aliphatic carbocycles. The molecule has 2 aliphatic rings. The summed E-state index contributed by atoms with van der Waals surface area (Å²) in [5.41, 5.74) is 8.39. The average molecular weight is 1330 g/mol. The normalized spacial score (nSPS) is 16.8. The van der Waals surface area contributed by atoms with Crippen LogP contribution in [-0.2, 0) is 101 Å². The number of alkyl carbamates (subject to hydrolysis) is 2. The molecule has 1 fully saturated rings. The van der Waals surface area contributed by atoms with Crippen LogP contribution < -0.4 is 37.6 Å². The fourth-order valence-electron chi connectivity index (χ4n) is 9.65. The molecular weight excluding hydrogens is 1230 g/mol. The smallest absolute Gasteiger partial charge is 0.449 e. The second kappa shape index (κ2) is 45.7. The molecule has 0 spiro atoms. The summed E-state index contributed by atoms with van der Waals surface area (Å²) in [6, 6.07) is 3.82. The Balaban J connectivity index is 1.01. The summed E-state index contributed by atoms with van der Waals surface area (Å²) in [5.74, 6) is -0.547. The molecule has 1 heterocycles. The first-order valence-corrected chi connectivity index (χ1v) is 33.4. The molecule has 2 aromatic rings. The van der Waals surface area contributed by atoms with Gasteiger partial charge in [-0.05, 0) is 99.7 Å².